The summed E-state index contributed by atoms with van der Waals surface area (Å²) >= 11 is 0. The van der Waals surface area contributed by atoms with Crippen LogP contribution in [0, 0.1) is 0 Å². The Labute approximate surface area is 121 Å². The average Bonchev–Trinajstić information content (AvgIpc) is 2.78. The van der Waals surface area contributed by atoms with Crippen LogP contribution in [0.1, 0.15) is 45.2 Å². The molecule has 2 rings (SSSR count). The monoisotopic (exact) mass is 299 g/mol. The van der Waals surface area contributed by atoms with Gasteiger partial charge in [-0.25, -0.2) is 13.1 Å². The van der Waals surface area contributed by atoms with Crippen LogP contribution in [0.2, 0.25) is 0 Å². The lowest BCUT2D eigenvalue weighted by Crippen LogP contribution is -2.52. The minimum absolute atomic E-state index is 0.212. The highest BCUT2D eigenvalue weighted by molar-refractivity contribution is 7.89. The zero-order valence-corrected chi connectivity index (χ0v) is 13.4. The summed E-state index contributed by atoms with van der Waals surface area (Å²) in [6, 6.07) is 1.77. The van der Waals surface area contributed by atoms with Crippen LogP contribution in [-0.2, 0) is 23.1 Å². The van der Waals surface area contributed by atoms with Crippen LogP contribution in [-0.4, -0.2) is 25.6 Å². The van der Waals surface area contributed by atoms with Crippen LogP contribution in [0.3, 0.4) is 0 Å². The number of sulfonamides is 1. The summed E-state index contributed by atoms with van der Waals surface area (Å²) in [6.07, 6.45) is 5.58. The first kappa shape index (κ1) is 15.5. The van der Waals surface area contributed by atoms with Crippen molar-refractivity contribution in [3.63, 3.8) is 0 Å². The summed E-state index contributed by atoms with van der Waals surface area (Å²) in [6.45, 7) is 5.50. The average molecular weight is 299 g/mol. The second kappa shape index (κ2) is 5.87. The van der Waals surface area contributed by atoms with E-state index in [9.17, 15) is 8.42 Å². The lowest BCUT2D eigenvalue weighted by molar-refractivity contribution is 0.214. The second-order valence-electron chi connectivity index (χ2n) is 5.58. The summed E-state index contributed by atoms with van der Waals surface area (Å²) in [5.74, 6) is 0. The van der Waals surface area contributed by atoms with Crippen molar-refractivity contribution in [1.29, 1.82) is 0 Å². The highest BCUT2D eigenvalue weighted by Gasteiger charge is 2.39. The summed E-state index contributed by atoms with van der Waals surface area (Å²) in [4.78, 5) is 0.379. The Kier molecular flexibility index (Phi) is 4.56. The van der Waals surface area contributed by atoms with Crippen molar-refractivity contribution in [2.45, 2.75) is 63.1 Å². The molecule has 6 heteroatoms. The molecule has 114 valence electrons. The van der Waals surface area contributed by atoms with Gasteiger partial charge in [-0.15, -0.1) is 0 Å². The van der Waals surface area contributed by atoms with Crippen LogP contribution < -0.4 is 10.0 Å². The SMILES string of the molecule is CCn1cc(S(=O)(=O)NC2(CC)CCC2)cc1CNC. The molecule has 1 aromatic heterocycles. The molecule has 0 spiro atoms. The maximum atomic E-state index is 12.5. The number of aromatic nitrogens is 1. The van der Waals surface area contributed by atoms with Crippen molar-refractivity contribution in [2.75, 3.05) is 7.05 Å². The van der Waals surface area contributed by atoms with Gasteiger partial charge < -0.3 is 9.88 Å². The molecule has 0 atom stereocenters. The topological polar surface area (TPSA) is 63.1 Å². The van der Waals surface area contributed by atoms with Gasteiger partial charge in [0.05, 0.1) is 4.90 Å². The molecule has 0 unspecified atom stereocenters. The Balaban J connectivity index is 2.25. The molecule has 1 fully saturated rings. The standard InChI is InChI=1S/C14H25N3O2S/c1-4-14(7-6-8-14)16-20(18,19)13-9-12(10-15-3)17(5-2)11-13/h9,11,15-16H,4-8,10H2,1-3H3. The van der Waals surface area contributed by atoms with Crippen molar-refractivity contribution in [2.24, 2.45) is 0 Å². The fourth-order valence-electron chi connectivity index (χ4n) is 2.77. The maximum absolute atomic E-state index is 12.5. The quantitative estimate of drug-likeness (QED) is 0.807. The summed E-state index contributed by atoms with van der Waals surface area (Å²) in [5.41, 5.74) is 0.783. The van der Waals surface area contributed by atoms with E-state index in [0.717, 1.165) is 37.9 Å². The van der Waals surface area contributed by atoms with E-state index in [-0.39, 0.29) is 5.54 Å². The Morgan fingerprint density at radius 2 is 2.05 bits per heavy atom. The molecule has 1 aromatic rings. The maximum Gasteiger partial charge on any atom is 0.242 e. The molecular weight excluding hydrogens is 274 g/mol. The molecule has 0 saturated heterocycles. The zero-order chi connectivity index (χ0) is 14.8. The fraction of sp³-hybridized carbons (Fsp3) is 0.714. The molecule has 1 heterocycles. The highest BCUT2D eigenvalue weighted by Crippen LogP contribution is 2.36. The third-order valence-electron chi connectivity index (χ3n) is 4.31. The first-order valence-electron chi connectivity index (χ1n) is 7.34. The second-order valence-corrected chi connectivity index (χ2v) is 7.26. The van der Waals surface area contributed by atoms with Gasteiger partial charge in [0.25, 0.3) is 0 Å². The Bertz CT molecular complexity index is 553. The summed E-state index contributed by atoms with van der Waals surface area (Å²) in [5, 5.41) is 3.07. The molecule has 0 bridgehead atoms. The van der Waals surface area contributed by atoms with Gasteiger partial charge in [-0.05, 0) is 45.7 Å². The van der Waals surface area contributed by atoms with Gasteiger partial charge in [-0.1, -0.05) is 6.92 Å². The first-order valence-corrected chi connectivity index (χ1v) is 8.82. The number of hydrogen-bond donors (Lipinski definition) is 2. The molecule has 0 aromatic carbocycles. The van der Waals surface area contributed by atoms with E-state index in [4.69, 9.17) is 0 Å². The smallest absolute Gasteiger partial charge is 0.242 e. The Morgan fingerprint density at radius 3 is 2.50 bits per heavy atom. The zero-order valence-electron chi connectivity index (χ0n) is 12.6. The summed E-state index contributed by atoms with van der Waals surface area (Å²) < 4.78 is 30.0. The van der Waals surface area contributed by atoms with E-state index in [2.05, 4.69) is 10.0 Å². The lowest BCUT2D eigenvalue weighted by atomic mass is 9.76. The minimum Gasteiger partial charge on any atom is -0.349 e. The van der Waals surface area contributed by atoms with E-state index in [1.54, 1.807) is 12.3 Å². The molecule has 1 saturated carbocycles. The number of nitrogens with zero attached hydrogens (tertiary/aromatic N) is 1. The molecule has 0 radical (unpaired) electrons. The molecule has 1 aliphatic carbocycles. The third kappa shape index (κ3) is 2.92. The van der Waals surface area contributed by atoms with Crippen molar-refractivity contribution in [1.82, 2.24) is 14.6 Å². The van der Waals surface area contributed by atoms with Crippen molar-refractivity contribution in [3.05, 3.63) is 18.0 Å². The Hall–Kier alpha value is -0.850. The predicted molar refractivity (Wildman–Crippen MR) is 80.1 cm³/mol. The van der Waals surface area contributed by atoms with E-state index < -0.39 is 10.0 Å². The van der Waals surface area contributed by atoms with Gasteiger partial charge in [0, 0.05) is 30.5 Å². The van der Waals surface area contributed by atoms with Gasteiger partial charge in [-0.2, -0.15) is 0 Å². The Morgan fingerprint density at radius 1 is 1.35 bits per heavy atom. The van der Waals surface area contributed by atoms with E-state index >= 15 is 0 Å². The summed E-state index contributed by atoms with van der Waals surface area (Å²) in [7, 11) is -1.56. The molecular formula is C14H25N3O2S. The first-order chi connectivity index (χ1) is 9.46. The number of aryl methyl sites for hydroxylation is 1. The number of hydrogen-bond acceptors (Lipinski definition) is 3. The van der Waals surface area contributed by atoms with Gasteiger partial charge in [0.2, 0.25) is 10.0 Å². The van der Waals surface area contributed by atoms with E-state index in [1.807, 2.05) is 25.5 Å². The molecule has 1 aliphatic rings. The third-order valence-corrected chi connectivity index (χ3v) is 5.85. The molecule has 0 amide bonds. The largest absolute Gasteiger partial charge is 0.349 e. The number of nitrogens with one attached hydrogen (secondary N) is 2. The molecule has 0 aliphatic heterocycles. The van der Waals surface area contributed by atoms with Gasteiger partial charge in [0.15, 0.2) is 0 Å². The molecule has 20 heavy (non-hydrogen) atoms. The van der Waals surface area contributed by atoms with Crippen molar-refractivity contribution in [3.8, 4) is 0 Å². The van der Waals surface area contributed by atoms with Crippen LogP contribution in [0.4, 0.5) is 0 Å². The van der Waals surface area contributed by atoms with Gasteiger partial charge in [-0.3, -0.25) is 0 Å². The van der Waals surface area contributed by atoms with E-state index in [0.29, 0.717) is 11.4 Å². The van der Waals surface area contributed by atoms with Crippen LogP contribution in [0.25, 0.3) is 0 Å². The lowest BCUT2D eigenvalue weighted by Gasteiger charge is -2.41. The normalized spacial score (nSPS) is 17.9. The molecule has 2 N–H and O–H groups in total. The van der Waals surface area contributed by atoms with Crippen molar-refractivity contribution < 1.29 is 8.42 Å². The van der Waals surface area contributed by atoms with Crippen LogP contribution in [0.15, 0.2) is 17.2 Å². The van der Waals surface area contributed by atoms with E-state index in [1.165, 1.54) is 0 Å². The van der Waals surface area contributed by atoms with Crippen LogP contribution >= 0.6 is 0 Å². The molecule has 5 nitrogen and oxygen atoms in total. The predicted octanol–water partition coefficient (Wildman–Crippen LogP) is 1.84. The fourth-order valence-corrected chi connectivity index (χ4v) is 4.36. The van der Waals surface area contributed by atoms with Gasteiger partial charge >= 0.3 is 0 Å². The van der Waals surface area contributed by atoms with Crippen molar-refractivity contribution >= 4 is 10.0 Å². The number of rotatable bonds is 7. The minimum atomic E-state index is -3.42. The highest BCUT2D eigenvalue weighted by atomic mass is 32.2. The van der Waals surface area contributed by atoms with Crippen LogP contribution in [0.5, 0.6) is 0 Å². The van der Waals surface area contributed by atoms with Gasteiger partial charge in [0.1, 0.15) is 0 Å².